The molecule has 14 heavy (non-hydrogen) atoms. The zero-order valence-corrected chi connectivity index (χ0v) is 8.50. The van der Waals surface area contributed by atoms with Crippen molar-refractivity contribution in [2.75, 3.05) is 0 Å². The topological polar surface area (TPSA) is 17.1 Å². The summed E-state index contributed by atoms with van der Waals surface area (Å²) in [6.07, 6.45) is 2.24. The maximum Gasteiger partial charge on any atom is 0.225 e. The zero-order valence-electron chi connectivity index (χ0n) is 7.74. The predicted molar refractivity (Wildman–Crippen MR) is 55.3 cm³/mol. The highest BCUT2D eigenvalue weighted by Gasteiger charge is 2.56. The second-order valence-corrected chi connectivity index (χ2v) is 4.63. The van der Waals surface area contributed by atoms with Gasteiger partial charge < -0.3 is 0 Å². The Morgan fingerprint density at radius 2 is 2.14 bits per heavy atom. The predicted octanol–water partition coefficient (Wildman–Crippen LogP) is 2.73. The fraction of sp³-hybridized carbons (Fsp3) is 0.417. The van der Waals surface area contributed by atoms with Crippen LogP contribution in [0.15, 0.2) is 24.3 Å². The molecule has 3 unspecified atom stereocenters. The number of carbonyl (C=O) groups is 1. The third kappa shape index (κ3) is 1.05. The Bertz CT molecular complexity index is 399. The van der Waals surface area contributed by atoms with E-state index >= 15 is 0 Å². The first-order valence-electron chi connectivity index (χ1n) is 5.06. The fourth-order valence-corrected chi connectivity index (χ4v) is 3.17. The van der Waals surface area contributed by atoms with E-state index in [0.717, 1.165) is 12.8 Å². The van der Waals surface area contributed by atoms with Gasteiger partial charge in [0.1, 0.15) is 0 Å². The van der Waals surface area contributed by atoms with Gasteiger partial charge in [0.2, 0.25) is 5.24 Å². The standard InChI is InChI=1S/C12H11ClO/c13-12(14)11-9-6-5-7-3-1-2-4-8(7)10(9)11/h1-4,9-11H,5-6H2. The van der Waals surface area contributed by atoms with Crippen LogP contribution in [0.5, 0.6) is 0 Å². The summed E-state index contributed by atoms with van der Waals surface area (Å²) in [4.78, 5) is 11.1. The van der Waals surface area contributed by atoms with E-state index < -0.39 is 0 Å². The quantitative estimate of drug-likeness (QED) is 0.646. The van der Waals surface area contributed by atoms with Crippen molar-refractivity contribution >= 4 is 16.8 Å². The molecule has 0 aliphatic heterocycles. The first kappa shape index (κ1) is 8.49. The van der Waals surface area contributed by atoms with E-state index in [2.05, 4.69) is 24.3 Å². The van der Waals surface area contributed by atoms with Crippen molar-refractivity contribution in [3.8, 4) is 0 Å². The molecule has 0 spiro atoms. The highest BCUT2D eigenvalue weighted by Crippen LogP contribution is 2.60. The largest absolute Gasteiger partial charge is 0.281 e. The highest BCUT2D eigenvalue weighted by atomic mass is 35.5. The lowest BCUT2D eigenvalue weighted by Gasteiger charge is -2.13. The summed E-state index contributed by atoms with van der Waals surface area (Å²) in [5.74, 6) is 1.08. The third-order valence-electron chi connectivity index (χ3n) is 3.59. The average Bonchev–Trinajstić information content (AvgIpc) is 2.92. The molecule has 0 amide bonds. The molecule has 0 radical (unpaired) electrons. The van der Waals surface area contributed by atoms with Gasteiger partial charge in [-0.25, -0.2) is 0 Å². The van der Waals surface area contributed by atoms with E-state index in [1.54, 1.807) is 0 Å². The maximum atomic E-state index is 11.1. The molecule has 2 heteroatoms. The number of aryl methyl sites for hydroxylation is 1. The van der Waals surface area contributed by atoms with E-state index in [-0.39, 0.29) is 11.2 Å². The van der Waals surface area contributed by atoms with Crippen LogP contribution in [-0.4, -0.2) is 5.24 Å². The van der Waals surface area contributed by atoms with Gasteiger partial charge in [0.25, 0.3) is 0 Å². The Morgan fingerprint density at radius 1 is 1.36 bits per heavy atom. The summed E-state index contributed by atoms with van der Waals surface area (Å²) >= 11 is 5.58. The number of halogens is 1. The van der Waals surface area contributed by atoms with Gasteiger partial charge in [0.05, 0.1) is 0 Å². The van der Waals surface area contributed by atoms with Crippen LogP contribution in [0.4, 0.5) is 0 Å². The Hall–Kier alpha value is -0.820. The van der Waals surface area contributed by atoms with Gasteiger partial charge in [-0.2, -0.15) is 0 Å². The Kier molecular flexibility index (Phi) is 1.72. The van der Waals surface area contributed by atoms with Crippen LogP contribution in [0.2, 0.25) is 0 Å². The summed E-state index contributed by atoms with van der Waals surface area (Å²) in [5.41, 5.74) is 2.77. The summed E-state index contributed by atoms with van der Waals surface area (Å²) in [6, 6.07) is 8.43. The maximum absolute atomic E-state index is 11.1. The molecule has 0 N–H and O–H groups in total. The lowest BCUT2D eigenvalue weighted by atomic mass is 9.92. The van der Waals surface area contributed by atoms with Crippen molar-refractivity contribution in [2.45, 2.75) is 18.8 Å². The molecule has 3 atom stereocenters. The molecule has 1 aromatic carbocycles. The van der Waals surface area contributed by atoms with E-state index in [4.69, 9.17) is 11.6 Å². The number of hydrogen-bond acceptors (Lipinski definition) is 1. The number of hydrogen-bond donors (Lipinski definition) is 0. The first-order chi connectivity index (χ1) is 6.79. The number of benzene rings is 1. The SMILES string of the molecule is O=C(Cl)C1C2CCc3ccccc3C21. The Balaban J connectivity index is 2.00. The first-order valence-corrected chi connectivity index (χ1v) is 5.44. The molecule has 2 aliphatic rings. The van der Waals surface area contributed by atoms with Crippen molar-refractivity contribution in [3.05, 3.63) is 35.4 Å². The van der Waals surface area contributed by atoms with Gasteiger partial charge >= 0.3 is 0 Å². The van der Waals surface area contributed by atoms with E-state index in [1.165, 1.54) is 11.1 Å². The van der Waals surface area contributed by atoms with Crippen LogP contribution < -0.4 is 0 Å². The molecule has 1 saturated carbocycles. The smallest absolute Gasteiger partial charge is 0.225 e. The average molecular weight is 207 g/mol. The van der Waals surface area contributed by atoms with Crippen LogP contribution >= 0.6 is 11.6 Å². The Morgan fingerprint density at radius 3 is 2.93 bits per heavy atom. The van der Waals surface area contributed by atoms with Gasteiger partial charge in [-0.05, 0) is 47.4 Å². The van der Waals surface area contributed by atoms with Crippen molar-refractivity contribution in [1.82, 2.24) is 0 Å². The normalized spacial score (nSPS) is 33.1. The molecule has 1 fully saturated rings. The third-order valence-corrected chi connectivity index (χ3v) is 3.84. The lowest BCUT2D eigenvalue weighted by Crippen LogP contribution is -2.00. The van der Waals surface area contributed by atoms with E-state index in [1.807, 2.05) is 0 Å². The Labute approximate surface area is 88.1 Å². The molecule has 2 aliphatic carbocycles. The number of carbonyl (C=O) groups excluding carboxylic acids is 1. The molecule has 3 rings (SSSR count). The lowest BCUT2D eigenvalue weighted by molar-refractivity contribution is -0.113. The summed E-state index contributed by atoms with van der Waals surface area (Å²) in [5, 5.41) is -0.142. The monoisotopic (exact) mass is 206 g/mol. The van der Waals surface area contributed by atoms with Crippen molar-refractivity contribution in [1.29, 1.82) is 0 Å². The summed E-state index contributed by atoms with van der Waals surface area (Å²) in [7, 11) is 0. The van der Waals surface area contributed by atoms with Crippen LogP contribution in [0.25, 0.3) is 0 Å². The van der Waals surface area contributed by atoms with Crippen molar-refractivity contribution in [3.63, 3.8) is 0 Å². The van der Waals surface area contributed by atoms with Crippen LogP contribution in [0, 0.1) is 11.8 Å². The number of fused-ring (bicyclic) bond motifs is 3. The minimum atomic E-state index is -0.142. The molecular weight excluding hydrogens is 196 g/mol. The van der Waals surface area contributed by atoms with Crippen LogP contribution in [0.3, 0.4) is 0 Å². The fourth-order valence-electron chi connectivity index (χ4n) is 2.88. The highest BCUT2D eigenvalue weighted by molar-refractivity contribution is 6.64. The van der Waals surface area contributed by atoms with Gasteiger partial charge in [-0.15, -0.1) is 0 Å². The molecule has 0 bridgehead atoms. The van der Waals surface area contributed by atoms with Crippen molar-refractivity contribution in [2.24, 2.45) is 11.8 Å². The molecule has 0 aromatic heterocycles. The number of rotatable bonds is 1. The molecular formula is C12H11ClO. The summed E-state index contributed by atoms with van der Waals surface area (Å²) < 4.78 is 0. The second-order valence-electron chi connectivity index (χ2n) is 4.26. The molecule has 72 valence electrons. The van der Waals surface area contributed by atoms with Gasteiger partial charge in [-0.1, -0.05) is 24.3 Å². The van der Waals surface area contributed by atoms with Gasteiger partial charge in [0, 0.05) is 5.92 Å². The molecule has 0 saturated heterocycles. The summed E-state index contributed by atoms with van der Waals surface area (Å²) in [6.45, 7) is 0. The zero-order chi connectivity index (χ0) is 9.71. The van der Waals surface area contributed by atoms with E-state index in [9.17, 15) is 4.79 Å². The van der Waals surface area contributed by atoms with Crippen LogP contribution in [0.1, 0.15) is 23.5 Å². The molecule has 1 nitrogen and oxygen atoms in total. The van der Waals surface area contributed by atoms with Gasteiger partial charge in [0.15, 0.2) is 0 Å². The second kappa shape index (κ2) is 2.83. The van der Waals surface area contributed by atoms with Crippen LogP contribution in [-0.2, 0) is 11.2 Å². The molecule has 0 heterocycles. The molecule has 1 aromatic rings. The minimum Gasteiger partial charge on any atom is -0.281 e. The minimum absolute atomic E-state index is 0.111. The van der Waals surface area contributed by atoms with Crippen molar-refractivity contribution < 1.29 is 4.79 Å². The van der Waals surface area contributed by atoms with Gasteiger partial charge in [-0.3, -0.25) is 4.79 Å². The van der Waals surface area contributed by atoms with E-state index in [0.29, 0.717) is 11.8 Å².